The maximum Gasteiger partial charge on any atom is 0.320 e. The molecule has 4 rings (SSSR count). The molecule has 4 N–H and O–H groups in total. The van der Waals surface area contributed by atoms with E-state index in [9.17, 15) is 5.26 Å². The Hall–Kier alpha value is -3.10. The van der Waals surface area contributed by atoms with E-state index < -0.39 is 0 Å². The minimum atomic E-state index is 0. The lowest BCUT2D eigenvalue weighted by atomic mass is 10.1. The van der Waals surface area contributed by atoms with Crippen LogP contribution in [-0.4, -0.2) is 77.3 Å². The van der Waals surface area contributed by atoms with Crippen molar-refractivity contribution in [3.8, 4) is 17.8 Å². The van der Waals surface area contributed by atoms with Gasteiger partial charge in [-0.05, 0) is 24.1 Å². The second-order valence-corrected chi connectivity index (χ2v) is 9.11. The number of fused-ring (bicyclic) bond motifs is 1. The van der Waals surface area contributed by atoms with Crippen LogP contribution in [0.5, 0.6) is 11.8 Å². The highest BCUT2D eigenvalue weighted by atomic mass is 35.5. The van der Waals surface area contributed by atoms with Crippen molar-refractivity contribution in [3.05, 3.63) is 41.1 Å². The Bertz CT molecular complexity index is 1220. The monoisotopic (exact) mass is 528 g/mol. The van der Waals surface area contributed by atoms with Crippen molar-refractivity contribution < 1.29 is 9.47 Å². The van der Waals surface area contributed by atoms with Crippen LogP contribution in [0.15, 0.2) is 24.3 Å². The number of aromatic nitrogens is 3. The van der Waals surface area contributed by atoms with Crippen LogP contribution in [0.25, 0.3) is 11.0 Å². The first-order valence-electron chi connectivity index (χ1n) is 12.6. The van der Waals surface area contributed by atoms with E-state index in [2.05, 4.69) is 51.0 Å². The standard InChI is InChI=1S/C26H36N8O2.ClH/c1-3-4-13-36-26-30-24(29)22-15-21(16-28)34(25(22)31-26)18-20-6-5-19(14-23(20)35-2)17-33-11-9-32(8-7-27)10-12-33;/h5-6,14-15H,3-4,7-13,17-18,27H2,1-2H3,(H2,29,30,31);1H. The van der Waals surface area contributed by atoms with Crippen molar-refractivity contribution >= 4 is 29.3 Å². The summed E-state index contributed by atoms with van der Waals surface area (Å²) < 4.78 is 13.3. The van der Waals surface area contributed by atoms with Crippen molar-refractivity contribution in [1.82, 2.24) is 24.3 Å². The van der Waals surface area contributed by atoms with Gasteiger partial charge in [0.1, 0.15) is 23.3 Å². The number of methoxy groups -OCH3 is 1. The molecule has 1 saturated heterocycles. The molecule has 200 valence electrons. The number of nitriles is 1. The molecule has 0 amide bonds. The van der Waals surface area contributed by atoms with Gasteiger partial charge in [0.25, 0.3) is 0 Å². The second kappa shape index (κ2) is 13.4. The van der Waals surface area contributed by atoms with E-state index in [0.717, 1.165) is 63.4 Å². The Morgan fingerprint density at radius 3 is 2.51 bits per heavy atom. The van der Waals surface area contributed by atoms with Gasteiger partial charge in [0.2, 0.25) is 0 Å². The molecule has 10 nitrogen and oxygen atoms in total. The predicted octanol–water partition coefficient (Wildman–Crippen LogP) is 2.62. The first kappa shape index (κ1) is 28.5. The van der Waals surface area contributed by atoms with Gasteiger partial charge in [-0.2, -0.15) is 15.2 Å². The van der Waals surface area contributed by atoms with Gasteiger partial charge in [-0.25, -0.2) is 0 Å². The quantitative estimate of drug-likeness (QED) is 0.360. The minimum absolute atomic E-state index is 0. The van der Waals surface area contributed by atoms with E-state index in [-0.39, 0.29) is 18.4 Å². The summed E-state index contributed by atoms with van der Waals surface area (Å²) in [6.45, 7) is 9.68. The number of nitrogen functional groups attached to an aromatic ring is 1. The molecular weight excluding hydrogens is 492 g/mol. The van der Waals surface area contributed by atoms with Gasteiger partial charge in [-0.3, -0.25) is 9.80 Å². The molecule has 1 aromatic carbocycles. The summed E-state index contributed by atoms with van der Waals surface area (Å²) in [4.78, 5) is 13.7. The van der Waals surface area contributed by atoms with Crippen LogP contribution in [0.2, 0.25) is 0 Å². The van der Waals surface area contributed by atoms with Gasteiger partial charge in [0.05, 0.1) is 25.6 Å². The largest absolute Gasteiger partial charge is 0.496 e. The third kappa shape index (κ3) is 6.81. The Morgan fingerprint density at radius 2 is 1.84 bits per heavy atom. The smallest absolute Gasteiger partial charge is 0.320 e. The summed E-state index contributed by atoms with van der Waals surface area (Å²) in [5.74, 6) is 1.08. The molecule has 1 aliphatic heterocycles. The average Bonchev–Trinajstić information content (AvgIpc) is 3.24. The van der Waals surface area contributed by atoms with E-state index >= 15 is 0 Å². The van der Waals surface area contributed by atoms with Gasteiger partial charge >= 0.3 is 6.01 Å². The van der Waals surface area contributed by atoms with Gasteiger partial charge in [0, 0.05) is 51.4 Å². The summed E-state index contributed by atoms with van der Waals surface area (Å²) in [7, 11) is 1.67. The van der Waals surface area contributed by atoms with E-state index in [1.807, 2.05) is 4.57 Å². The zero-order valence-corrected chi connectivity index (χ0v) is 22.5. The molecule has 0 spiro atoms. The van der Waals surface area contributed by atoms with E-state index in [1.54, 1.807) is 13.2 Å². The number of nitrogens with zero attached hydrogens (tertiary/aromatic N) is 6. The first-order chi connectivity index (χ1) is 17.6. The van der Waals surface area contributed by atoms with Gasteiger partial charge in [0.15, 0.2) is 5.65 Å². The fourth-order valence-electron chi connectivity index (χ4n) is 4.55. The van der Waals surface area contributed by atoms with Gasteiger partial charge in [-0.15, -0.1) is 12.4 Å². The highest BCUT2D eigenvalue weighted by Gasteiger charge is 2.19. The number of ether oxygens (including phenoxy) is 2. The van der Waals surface area contributed by atoms with Crippen LogP contribution >= 0.6 is 12.4 Å². The summed E-state index contributed by atoms with van der Waals surface area (Å²) in [5.41, 5.74) is 15.1. The Labute approximate surface area is 224 Å². The van der Waals surface area contributed by atoms with Crippen LogP contribution in [0.3, 0.4) is 0 Å². The molecule has 0 aliphatic carbocycles. The fraction of sp³-hybridized carbons (Fsp3) is 0.500. The fourth-order valence-corrected chi connectivity index (χ4v) is 4.55. The minimum Gasteiger partial charge on any atom is -0.496 e. The van der Waals surface area contributed by atoms with Gasteiger partial charge < -0.3 is 25.5 Å². The summed E-state index contributed by atoms with van der Waals surface area (Å²) in [6, 6.07) is 10.5. The molecule has 11 heteroatoms. The highest BCUT2D eigenvalue weighted by Crippen LogP contribution is 2.28. The third-order valence-corrected chi connectivity index (χ3v) is 6.60. The topological polar surface area (TPSA) is 131 Å². The molecular formula is C26H37ClN8O2. The molecule has 2 aromatic heterocycles. The molecule has 0 radical (unpaired) electrons. The number of hydrogen-bond donors (Lipinski definition) is 2. The molecule has 0 saturated carbocycles. The summed E-state index contributed by atoms with van der Waals surface area (Å²) in [5, 5.41) is 10.4. The number of benzene rings is 1. The van der Waals surface area contributed by atoms with Crippen LogP contribution in [0, 0.1) is 11.3 Å². The molecule has 3 heterocycles. The number of piperazine rings is 1. The first-order valence-corrected chi connectivity index (χ1v) is 12.6. The second-order valence-electron chi connectivity index (χ2n) is 9.11. The molecule has 3 aromatic rings. The number of halogens is 1. The Balaban J connectivity index is 0.00000380. The van der Waals surface area contributed by atoms with E-state index in [0.29, 0.717) is 42.2 Å². The third-order valence-electron chi connectivity index (χ3n) is 6.60. The van der Waals surface area contributed by atoms with E-state index in [1.165, 1.54) is 5.56 Å². The molecule has 0 unspecified atom stereocenters. The van der Waals surface area contributed by atoms with Crippen molar-refractivity contribution in [2.75, 3.05) is 58.7 Å². The zero-order valence-electron chi connectivity index (χ0n) is 21.7. The molecule has 1 fully saturated rings. The van der Waals surface area contributed by atoms with Gasteiger partial charge in [-0.1, -0.05) is 25.5 Å². The Kier molecular flexibility index (Phi) is 10.3. The molecule has 1 aliphatic rings. The Morgan fingerprint density at radius 1 is 1.08 bits per heavy atom. The lowest BCUT2D eigenvalue weighted by Gasteiger charge is -2.34. The van der Waals surface area contributed by atoms with Crippen molar-refractivity contribution in [3.63, 3.8) is 0 Å². The normalized spacial score (nSPS) is 14.3. The van der Waals surface area contributed by atoms with E-state index in [4.69, 9.17) is 20.9 Å². The zero-order chi connectivity index (χ0) is 25.5. The number of hydrogen-bond acceptors (Lipinski definition) is 9. The van der Waals surface area contributed by atoms with Crippen LogP contribution in [-0.2, 0) is 13.1 Å². The lowest BCUT2D eigenvalue weighted by Crippen LogP contribution is -2.47. The van der Waals surface area contributed by atoms with Crippen molar-refractivity contribution in [2.24, 2.45) is 5.73 Å². The number of nitrogens with two attached hydrogens (primary N) is 2. The average molecular weight is 529 g/mol. The lowest BCUT2D eigenvalue weighted by molar-refractivity contribution is 0.130. The summed E-state index contributed by atoms with van der Waals surface area (Å²) >= 11 is 0. The molecule has 0 atom stereocenters. The SMILES string of the molecule is CCCCOc1nc(N)c2cc(C#N)n(Cc3ccc(CN4CCN(CCN)CC4)cc3OC)c2n1.Cl. The predicted molar refractivity (Wildman–Crippen MR) is 147 cm³/mol. The van der Waals surface area contributed by atoms with Crippen molar-refractivity contribution in [2.45, 2.75) is 32.9 Å². The maximum atomic E-state index is 9.80. The summed E-state index contributed by atoms with van der Waals surface area (Å²) in [6.07, 6.45) is 1.91. The van der Waals surface area contributed by atoms with Crippen LogP contribution in [0.4, 0.5) is 5.82 Å². The maximum absolute atomic E-state index is 9.80. The molecule has 0 bridgehead atoms. The highest BCUT2D eigenvalue weighted by molar-refractivity contribution is 5.88. The molecule has 37 heavy (non-hydrogen) atoms. The number of anilines is 1. The number of unbranched alkanes of at least 4 members (excludes halogenated alkanes) is 1. The van der Waals surface area contributed by atoms with Crippen LogP contribution < -0.4 is 20.9 Å². The number of rotatable bonds is 11. The van der Waals surface area contributed by atoms with Crippen LogP contribution in [0.1, 0.15) is 36.6 Å². The van der Waals surface area contributed by atoms with Crippen molar-refractivity contribution in [1.29, 1.82) is 5.26 Å².